The van der Waals surface area contributed by atoms with E-state index in [0.717, 1.165) is 0 Å². The molecular formula is N4S4. The molecule has 0 aliphatic carbocycles. The second kappa shape index (κ2) is 1.20. The molecule has 0 aromatic carbocycles. The molecule has 0 saturated heterocycles. The van der Waals surface area contributed by atoms with Crippen LogP contribution in [-0.2, 0) is 39.6 Å². The number of hydrogen-bond donors (Lipinski definition) is 0. The van der Waals surface area contributed by atoms with Gasteiger partial charge in [0.05, 0.1) is 0 Å². The van der Waals surface area contributed by atoms with Crippen LogP contribution >= 0.6 is 0 Å². The van der Waals surface area contributed by atoms with E-state index in [-0.39, 0.29) is 39.6 Å². The summed E-state index contributed by atoms with van der Waals surface area (Å²) in [5.41, 5.74) is 0. The normalized spacial score (nSPS) is 62.0. The van der Waals surface area contributed by atoms with E-state index in [2.05, 4.69) is 15.1 Å². The first-order chi connectivity index (χ1) is 3.93. The molecule has 0 saturated carbocycles. The van der Waals surface area contributed by atoms with Crippen molar-refractivity contribution in [3.63, 3.8) is 0 Å². The maximum absolute atomic E-state index is 4.28. The van der Waals surface area contributed by atoms with E-state index in [1.165, 1.54) is 0 Å². The maximum atomic E-state index is 4.28. The van der Waals surface area contributed by atoms with Gasteiger partial charge < -0.3 is 0 Å². The van der Waals surface area contributed by atoms with E-state index in [9.17, 15) is 0 Å². The molecule has 4 rings (SSSR count). The minimum Gasteiger partial charge on any atom is -0.134 e. The van der Waals surface area contributed by atoms with E-state index >= 15 is 0 Å². The molecule has 0 spiro atoms. The first-order valence-electron chi connectivity index (χ1n) is 1.79. The smallest absolute Gasteiger partial charge is 0.134 e. The fourth-order valence-corrected chi connectivity index (χ4v) is 14.8. The largest absolute Gasteiger partial charge is 0.134 e. The summed E-state index contributed by atoms with van der Waals surface area (Å²) < 4.78 is 17.1. The monoisotopic (exact) mass is 184 g/mol. The molecular weight excluding hydrogens is 184 g/mol. The van der Waals surface area contributed by atoms with Crippen molar-refractivity contribution in [3.05, 3.63) is 0 Å². The topological polar surface area (TPSA) is 49.4 Å². The van der Waals surface area contributed by atoms with Crippen LogP contribution in [0.5, 0.6) is 0 Å². The van der Waals surface area contributed by atoms with Gasteiger partial charge in [0.2, 0.25) is 0 Å². The molecule has 0 aromatic heterocycles. The van der Waals surface area contributed by atoms with Crippen molar-refractivity contribution in [1.29, 1.82) is 0 Å². The summed E-state index contributed by atoms with van der Waals surface area (Å²) in [6, 6.07) is 0. The van der Waals surface area contributed by atoms with Gasteiger partial charge in [-0.3, -0.25) is 0 Å². The standard InChI is InChI=1S/N4S4/c1-5-2-7-4-8(5)3-6(1)7. The first-order valence-corrected chi connectivity index (χ1v) is 7.38. The average molecular weight is 184 g/mol. The quantitative estimate of drug-likeness (QED) is 0.498. The molecule has 0 atom stereocenters. The van der Waals surface area contributed by atoms with Crippen molar-refractivity contribution < 1.29 is 0 Å². The van der Waals surface area contributed by atoms with Crippen LogP contribution in [0.15, 0.2) is 15.1 Å². The fourth-order valence-electron chi connectivity index (χ4n) is 0.490. The highest BCUT2D eigenvalue weighted by Gasteiger charge is 2.33. The van der Waals surface area contributed by atoms with Crippen LogP contribution in [0.2, 0.25) is 0 Å². The van der Waals surface area contributed by atoms with Gasteiger partial charge in [-0.15, -0.1) is 15.1 Å². The Bertz CT molecular complexity index is 229. The summed E-state index contributed by atoms with van der Waals surface area (Å²) in [6.45, 7) is 0. The highest BCUT2D eigenvalue weighted by atomic mass is 33.2. The van der Waals surface area contributed by atoms with Crippen LogP contribution in [0.25, 0.3) is 0 Å². The third-order valence-corrected chi connectivity index (χ3v) is 11.4. The van der Waals surface area contributed by atoms with Crippen LogP contribution in [0.1, 0.15) is 0 Å². The lowest BCUT2D eigenvalue weighted by Crippen LogP contribution is -1.77. The van der Waals surface area contributed by atoms with Gasteiger partial charge in [-0.05, 0) is 0 Å². The molecule has 4 bridgehead atoms. The van der Waals surface area contributed by atoms with Gasteiger partial charge in [0.25, 0.3) is 0 Å². The summed E-state index contributed by atoms with van der Waals surface area (Å²) in [4.78, 5) is 0. The molecule has 4 heterocycles. The molecule has 0 N–H and O–H groups in total. The van der Waals surface area contributed by atoms with Crippen LogP contribution in [0.3, 0.4) is 0 Å². The second-order valence-electron chi connectivity index (χ2n) is 1.22. The molecule has 0 amide bonds. The lowest BCUT2D eigenvalue weighted by Gasteiger charge is -1.78. The Morgan fingerprint density at radius 3 is 0.875 bits per heavy atom. The Labute approximate surface area is 54.8 Å². The summed E-state index contributed by atoms with van der Waals surface area (Å²) in [5.74, 6) is 0. The van der Waals surface area contributed by atoms with Crippen molar-refractivity contribution in [2.45, 2.75) is 0 Å². The van der Waals surface area contributed by atoms with E-state index < -0.39 is 0 Å². The van der Waals surface area contributed by atoms with Crippen LogP contribution in [0, 0.1) is 0 Å². The third kappa shape index (κ3) is 0.342. The second-order valence-corrected chi connectivity index (χ2v) is 9.03. The SMILES string of the molecule is N1=S2N=S3N=S2N=S13. The molecule has 4 aliphatic heterocycles. The van der Waals surface area contributed by atoms with E-state index in [1.807, 2.05) is 0 Å². The molecule has 0 aromatic rings. The van der Waals surface area contributed by atoms with Crippen molar-refractivity contribution in [1.82, 2.24) is 0 Å². The summed E-state index contributed by atoms with van der Waals surface area (Å²) in [5, 5.41) is 0. The zero-order valence-electron chi connectivity index (χ0n) is 3.42. The Morgan fingerprint density at radius 2 is 0.750 bits per heavy atom. The molecule has 44 valence electrons. The molecule has 8 heteroatoms. The van der Waals surface area contributed by atoms with E-state index in [4.69, 9.17) is 0 Å². The number of hydrogen-bond acceptors (Lipinski definition) is 4. The third-order valence-electron chi connectivity index (χ3n) is 0.777. The molecule has 4 nitrogen and oxygen atoms in total. The Kier molecular flexibility index (Phi) is 0.664. The predicted octanol–water partition coefficient (Wildman–Crippen LogP) is 0.725. The van der Waals surface area contributed by atoms with Crippen molar-refractivity contribution in [3.8, 4) is 0 Å². The van der Waals surface area contributed by atoms with E-state index in [0.29, 0.717) is 0 Å². The lowest BCUT2D eigenvalue weighted by molar-refractivity contribution is 1.97. The minimum atomic E-state index is -0.0617. The average Bonchev–Trinajstić information content (AvgIpc) is 2.21. The minimum absolute atomic E-state index is 0.0617. The summed E-state index contributed by atoms with van der Waals surface area (Å²) in [7, 11) is -0.247. The van der Waals surface area contributed by atoms with Gasteiger partial charge in [0.1, 0.15) is 39.6 Å². The van der Waals surface area contributed by atoms with Gasteiger partial charge in [-0.25, -0.2) is 0 Å². The maximum Gasteiger partial charge on any atom is 0.134 e. The number of rotatable bonds is 0. The molecule has 4 aliphatic rings. The van der Waals surface area contributed by atoms with Crippen LogP contribution < -0.4 is 0 Å². The van der Waals surface area contributed by atoms with E-state index in [1.54, 1.807) is 0 Å². The summed E-state index contributed by atoms with van der Waals surface area (Å²) >= 11 is 0. The zero-order chi connectivity index (χ0) is 5.14. The predicted molar refractivity (Wildman–Crippen MR) is 39.2 cm³/mol. The highest BCUT2D eigenvalue weighted by Crippen LogP contribution is 2.35. The van der Waals surface area contributed by atoms with Crippen molar-refractivity contribution in [2.24, 2.45) is 15.1 Å². The van der Waals surface area contributed by atoms with Crippen LogP contribution in [-0.4, -0.2) is 0 Å². The van der Waals surface area contributed by atoms with Gasteiger partial charge in [-0.1, -0.05) is 0 Å². The summed E-state index contributed by atoms with van der Waals surface area (Å²) in [6.07, 6.45) is 0. The Hall–Kier alpha value is 0.600. The van der Waals surface area contributed by atoms with Crippen molar-refractivity contribution in [2.75, 3.05) is 0 Å². The van der Waals surface area contributed by atoms with Crippen LogP contribution in [0.4, 0.5) is 0 Å². The number of nitrogens with zero attached hydrogens (tertiary/aromatic N) is 4. The van der Waals surface area contributed by atoms with Crippen molar-refractivity contribution >= 4 is 39.6 Å². The van der Waals surface area contributed by atoms with Gasteiger partial charge in [0, 0.05) is 0 Å². The molecule has 0 radical (unpaired) electrons. The first kappa shape index (κ1) is 4.42. The molecule has 8 heavy (non-hydrogen) atoms. The molecule has 0 unspecified atom stereocenters. The van der Waals surface area contributed by atoms with Gasteiger partial charge in [0.15, 0.2) is 0 Å². The highest BCUT2D eigenvalue weighted by molar-refractivity contribution is 8.82. The lowest BCUT2D eigenvalue weighted by atomic mass is 13.9. The van der Waals surface area contributed by atoms with Gasteiger partial charge >= 0.3 is 0 Å². The molecule has 0 fully saturated rings. The Balaban J connectivity index is 2.66. The zero-order valence-corrected chi connectivity index (χ0v) is 6.69. The Morgan fingerprint density at radius 1 is 0.500 bits per heavy atom. The fraction of sp³-hybridized carbons (Fsp3) is 0. The van der Waals surface area contributed by atoms with Gasteiger partial charge in [-0.2, -0.15) is 0 Å².